The molecular formula is C14H19BN2O4. The molecule has 1 saturated carbocycles. The first kappa shape index (κ1) is 14.3. The fourth-order valence-corrected chi connectivity index (χ4v) is 2.73. The summed E-state index contributed by atoms with van der Waals surface area (Å²) in [6.45, 7) is 6.03. The quantitative estimate of drug-likeness (QED) is 0.738. The first-order valence-corrected chi connectivity index (χ1v) is 7.09. The Kier molecular flexibility index (Phi) is 3.04. The zero-order chi connectivity index (χ0) is 15.4. The second kappa shape index (κ2) is 4.45. The minimum Gasteiger partial charge on any atom is -0.443 e. The Morgan fingerprint density at radius 3 is 2.62 bits per heavy atom. The highest BCUT2D eigenvalue weighted by atomic mass is 16.6. The van der Waals surface area contributed by atoms with Gasteiger partial charge in [0.05, 0.1) is 0 Å². The number of nitrogens with zero attached hydrogens (tertiary/aromatic N) is 2. The van der Waals surface area contributed by atoms with E-state index in [2.05, 4.69) is 4.98 Å². The van der Waals surface area contributed by atoms with E-state index in [1.807, 2.05) is 20.8 Å². The van der Waals surface area contributed by atoms with Crippen LogP contribution in [-0.2, 0) is 10.2 Å². The van der Waals surface area contributed by atoms with Gasteiger partial charge in [-0.05, 0) is 33.6 Å². The molecule has 2 aliphatic rings. The number of hydrogen-bond acceptors (Lipinski definition) is 5. The Morgan fingerprint density at radius 1 is 1.43 bits per heavy atom. The Balaban J connectivity index is 1.94. The summed E-state index contributed by atoms with van der Waals surface area (Å²) in [5, 5.41) is 18.6. The first-order valence-electron chi connectivity index (χ1n) is 7.09. The van der Waals surface area contributed by atoms with Gasteiger partial charge in [-0.25, -0.2) is 9.78 Å². The number of rotatable bonds is 1. The summed E-state index contributed by atoms with van der Waals surface area (Å²) in [6.07, 6.45) is 2.94. The molecule has 7 heteroatoms. The Hall–Kier alpha value is -1.60. The van der Waals surface area contributed by atoms with E-state index >= 15 is 0 Å². The largest absolute Gasteiger partial charge is 0.490 e. The maximum Gasteiger partial charge on any atom is 0.490 e. The summed E-state index contributed by atoms with van der Waals surface area (Å²) in [6, 6.07) is 1.74. The third-order valence-electron chi connectivity index (χ3n) is 3.94. The minimum atomic E-state index is -1.55. The molecule has 0 saturated heterocycles. The molecule has 1 fully saturated rings. The predicted molar refractivity (Wildman–Crippen MR) is 78.6 cm³/mol. The molecule has 0 bridgehead atoms. The number of carbonyl (C=O) groups excluding carboxylic acids is 1. The highest BCUT2D eigenvalue weighted by Crippen LogP contribution is 2.55. The lowest BCUT2D eigenvalue weighted by molar-refractivity contribution is 0.0580. The second-order valence-electron chi connectivity index (χ2n) is 6.86. The van der Waals surface area contributed by atoms with E-state index in [4.69, 9.17) is 4.74 Å². The van der Waals surface area contributed by atoms with Gasteiger partial charge in [0.2, 0.25) is 0 Å². The normalized spacial score (nSPS) is 18.6. The molecule has 1 aliphatic carbocycles. The molecule has 1 amide bonds. The number of anilines is 1. The van der Waals surface area contributed by atoms with Crippen molar-refractivity contribution in [1.29, 1.82) is 0 Å². The topological polar surface area (TPSA) is 82.9 Å². The predicted octanol–water partition coefficient (Wildman–Crippen LogP) is 0.548. The van der Waals surface area contributed by atoms with Crippen LogP contribution in [0.1, 0.15) is 39.2 Å². The third kappa shape index (κ3) is 2.51. The van der Waals surface area contributed by atoms with Gasteiger partial charge in [-0.3, -0.25) is 4.90 Å². The number of ether oxygens (including phenoxy) is 1. The van der Waals surface area contributed by atoms with Crippen LogP contribution in [0.2, 0.25) is 0 Å². The molecule has 2 heterocycles. The number of hydrogen-bond donors (Lipinski definition) is 2. The molecule has 0 atom stereocenters. The average molecular weight is 290 g/mol. The summed E-state index contributed by atoms with van der Waals surface area (Å²) < 4.78 is 5.43. The molecule has 1 aromatic rings. The van der Waals surface area contributed by atoms with Crippen LogP contribution in [0.3, 0.4) is 0 Å². The van der Waals surface area contributed by atoms with E-state index in [9.17, 15) is 14.8 Å². The Morgan fingerprint density at radius 2 is 2.10 bits per heavy atom. The highest BCUT2D eigenvalue weighted by Gasteiger charge is 2.54. The summed E-state index contributed by atoms with van der Waals surface area (Å²) in [5.74, 6) is 0.575. The second-order valence-corrected chi connectivity index (χ2v) is 6.86. The van der Waals surface area contributed by atoms with Crippen molar-refractivity contribution in [3.05, 3.63) is 17.8 Å². The molecular weight excluding hydrogens is 271 g/mol. The van der Waals surface area contributed by atoms with Crippen molar-refractivity contribution in [1.82, 2.24) is 4.98 Å². The monoisotopic (exact) mass is 290 g/mol. The van der Waals surface area contributed by atoms with Crippen LogP contribution in [0.5, 0.6) is 0 Å². The third-order valence-corrected chi connectivity index (χ3v) is 3.94. The van der Waals surface area contributed by atoms with Crippen LogP contribution in [-0.4, -0.2) is 40.4 Å². The van der Waals surface area contributed by atoms with Crippen molar-refractivity contribution < 1.29 is 19.6 Å². The van der Waals surface area contributed by atoms with Gasteiger partial charge in [0.15, 0.2) is 0 Å². The molecule has 1 aromatic heterocycles. The van der Waals surface area contributed by atoms with E-state index < -0.39 is 18.8 Å². The van der Waals surface area contributed by atoms with Gasteiger partial charge in [-0.1, -0.05) is 6.07 Å². The maximum atomic E-state index is 12.3. The van der Waals surface area contributed by atoms with Crippen LogP contribution >= 0.6 is 0 Å². The number of fused-ring (bicyclic) bond motifs is 2. The summed E-state index contributed by atoms with van der Waals surface area (Å²) in [7, 11) is -1.55. The van der Waals surface area contributed by atoms with E-state index in [1.165, 1.54) is 6.20 Å². The highest BCUT2D eigenvalue weighted by molar-refractivity contribution is 6.58. The van der Waals surface area contributed by atoms with Crippen molar-refractivity contribution in [3.8, 4) is 0 Å². The molecule has 0 aromatic carbocycles. The van der Waals surface area contributed by atoms with Crippen LogP contribution in [0.25, 0.3) is 0 Å². The molecule has 0 radical (unpaired) electrons. The van der Waals surface area contributed by atoms with Gasteiger partial charge in [0.1, 0.15) is 11.4 Å². The van der Waals surface area contributed by atoms with Crippen LogP contribution in [0.4, 0.5) is 10.6 Å². The first-order chi connectivity index (χ1) is 9.72. The van der Waals surface area contributed by atoms with Gasteiger partial charge in [0, 0.05) is 29.2 Å². The lowest BCUT2D eigenvalue weighted by Crippen LogP contribution is -2.37. The van der Waals surface area contributed by atoms with Crippen LogP contribution < -0.4 is 10.4 Å². The fraction of sp³-hybridized carbons (Fsp3) is 0.571. The zero-order valence-corrected chi connectivity index (χ0v) is 12.5. The maximum absolute atomic E-state index is 12.3. The molecule has 1 spiro atoms. The summed E-state index contributed by atoms with van der Waals surface area (Å²) in [4.78, 5) is 18.1. The molecule has 112 valence electrons. The number of aromatic nitrogens is 1. The lowest BCUT2D eigenvalue weighted by atomic mass is 9.80. The van der Waals surface area contributed by atoms with Crippen LogP contribution in [0.15, 0.2) is 12.3 Å². The molecule has 3 rings (SSSR count). The van der Waals surface area contributed by atoms with Gasteiger partial charge < -0.3 is 14.8 Å². The average Bonchev–Trinajstić information content (AvgIpc) is 3.05. The minimum absolute atomic E-state index is 0.0792. The van der Waals surface area contributed by atoms with Gasteiger partial charge in [-0.15, -0.1) is 0 Å². The van der Waals surface area contributed by atoms with Crippen molar-refractivity contribution in [2.24, 2.45) is 0 Å². The number of pyridine rings is 1. The SMILES string of the molecule is CC(C)(C)OC(=O)N1CC2(CC2)c2cc(B(O)O)cnc21. The van der Waals surface area contributed by atoms with Crippen LogP contribution in [0, 0.1) is 0 Å². The molecule has 6 nitrogen and oxygen atoms in total. The van der Waals surface area contributed by atoms with E-state index in [-0.39, 0.29) is 5.41 Å². The van der Waals surface area contributed by atoms with Crippen molar-refractivity contribution >= 4 is 24.5 Å². The molecule has 0 unspecified atom stereocenters. The number of amides is 1. The smallest absolute Gasteiger partial charge is 0.443 e. The van der Waals surface area contributed by atoms with Crippen molar-refractivity contribution in [2.75, 3.05) is 11.4 Å². The standard InChI is InChI=1S/C14H19BN2O4/c1-13(2,3)21-12(18)17-8-14(4-5-14)10-6-9(15(19)20)7-16-11(10)17/h6-7,19-20H,4-5,8H2,1-3H3. The van der Waals surface area contributed by atoms with E-state index in [1.54, 1.807) is 11.0 Å². The molecule has 21 heavy (non-hydrogen) atoms. The van der Waals surface area contributed by atoms with E-state index in [0.717, 1.165) is 18.4 Å². The van der Waals surface area contributed by atoms with Crippen molar-refractivity contribution in [3.63, 3.8) is 0 Å². The van der Waals surface area contributed by atoms with Gasteiger partial charge in [-0.2, -0.15) is 0 Å². The van der Waals surface area contributed by atoms with Crippen molar-refractivity contribution in [2.45, 2.75) is 44.6 Å². The Labute approximate surface area is 123 Å². The van der Waals surface area contributed by atoms with Gasteiger partial charge in [0.25, 0.3) is 0 Å². The number of carbonyl (C=O) groups is 1. The Bertz CT molecular complexity index is 593. The summed E-state index contributed by atoms with van der Waals surface area (Å²) >= 11 is 0. The summed E-state index contributed by atoms with van der Waals surface area (Å²) in [5.41, 5.74) is 0.632. The molecule has 1 aliphatic heterocycles. The van der Waals surface area contributed by atoms with Gasteiger partial charge >= 0.3 is 13.2 Å². The lowest BCUT2D eigenvalue weighted by Gasteiger charge is -2.24. The van der Waals surface area contributed by atoms with E-state index in [0.29, 0.717) is 17.8 Å². The fourth-order valence-electron chi connectivity index (χ4n) is 2.73. The molecule has 2 N–H and O–H groups in total. The zero-order valence-electron chi connectivity index (χ0n) is 12.5.